The SMILES string of the molecule is CC(NC(=O)CN(CC(=O)O)C(C)C)c1cccc2ccccc12. The largest absolute Gasteiger partial charge is 0.480 e. The van der Waals surface area contributed by atoms with Crippen molar-refractivity contribution in [3.63, 3.8) is 0 Å². The molecule has 0 aliphatic carbocycles. The molecule has 0 saturated heterocycles. The molecule has 1 unspecified atom stereocenters. The molecule has 2 N–H and O–H groups in total. The van der Waals surface area contributed by atoms with Crippen molar-refractivity contribution in [2.75, 3.05) is 13.1 Å². The Kier molecular flexibility index (Phi) is 5.93. The number of hydrogen-bond acceptors (Lipinski definition) is 3. The maximum Gasteiger partial charge on any atom is 0.317 e. The van der Waals surface area contributed by atoms with E-state index in [-0.39, 0.29) is 31.1 Å². The third-order valence-electron chi connectivity index (χ3n) is 4.08. The second kappa shape index (κ2) is 7.93. The van der Waals surface area contributed by atoms with E-state index in [0.717, 1.165) is 16.3 Å². The average molecular weight is 328 g/mol. The van der Waals surface area contributed by atoms with Crippen LogP contribution in [0.5, 0.6) is 0 Å². The van der Waals surface area contributed by atoms with Crippen LogP contribution in [-0.2, 0) is 9.59 Å². The van der Waals surface area contributed by atoms with Gasteiger partial charge in [0.1, 0.15) is 0 Å². The molecular formula is C19H24N2O3. The van der Waals surface area contributed by atoms with E-state index >= 15 is 0 Å². The normalized spacial score (nSPS) is 12.5. The van der Waals surface area contributed by atoms with Crippen LogP contribution in [0, 0.1) is 0 Å². The molecular weight excluding hydrogens is 304 g/mol. The summed E-state index contributed by atoms with van der Waals surface area (Å²) in [6.07, 6.45) is 0. The van der Waals surface area contributed by atoms with Crippen LogP contribution in [0.15, 0.2) is 42.5 Å². The lowest BCUT2D eigenvalue weighted by atomic mass is 10.00. The van der Waals surface area contributed by atoms with Crippen molar-refractivity contribution < 1.29 is 14.7 Å². The van der Waals surface area contributed by atoms with Crippen molar-refractivity contribution >= 4 is 22.6 Å². The van der Waals surface area contributed by atoms with E-state index in [9.17, 15) is 9.59 Å². The molecule has 1 atom stereocenters. The molecule has 2 aromatic carbocycles. The Bertz CT molecular complexity index is 722. The van der Waals surface area contributed by atoms with Gasteiger partial charge >= 0.3 is 5.97 Å². The molecule has 0 heterocycles. The fourth-order valence-electron chi connectivity index (χ4n) is 2.77. The number of hydrogen-bond donors (Lipinski definition) is 2. The Morgan fingerprint density at radius 2 is 1.71 bits per heavy atom. The van der Waals surface area contributed by atoms with Crippen molar-refractivity contribution in [3.05, 3.63) is 48.0 Å². The molecule has 2 rings (SSSR count). The number of carboxylic acid groups (broad SMARTS) is 1. The van der Waals surface area contributed by atoms with Gasteiger partial charge in [0.05, 0.1) is 19.1 Å². The Balaban J connectivity index is 2.09. The van der Waals surface area contributed by atoms with E-state index in [1.54, 1.807) is 4.90 Å². The van der Waals surface area contributed by atoms with Gasteiger partial charge in [-0.2, -0.15) is 0 Å². The molecule has 0 aliphatic heterocycles. The molecule has 2 aromatic rings. The minimum absolute atomic E-state index is 0.0142. The molecule has 0 bridgehead atoms. The minimum Gasteiger partial charge on any atom is -0.480 e. The number of nitrogens with one attached hydrogen (secondary N) is 1. The molecule has 0 saturated carbocycles. The number of aliphatic carboxylic acids is 1. The highest BCUT2D eigenvalue weighted by Crippen LogP contribution is 2.23. The van der Waals surface area contributed by atoms with E-state index in [1.165, 1.54) is 0 Å². The Morgan fingerprint density at radius 1 is 1.04 bits per heavy atom. The van der Waals surface area contributed by atoms with Gasteiger partial charge in [-0.15, -0.1) is 0 Å². The number of carboxylic acids is 1. The predicted octanol–water partition coefficient (Wildman–Crippen LogP) is 2.81. The lowest BCUT2D eigenvalue weighted by molar-refractivity contribution is -0.139. The van der Waals surface area contributed by atoms with Gasteiger partial charge < -0.3 is 10.4 Å². The quantitative estimate of drug-likeness (QED) is 0.820. The monoisotopic (exact) mass is 328 g/mol. The highest BCUT2D eigenvalue weighted by Gasteiger charge is 2.19. The predicted molar refractivity (Wildman–Crippen MR) is 94.9 cm³/mol. The molecule has 0 aliphatic rings. The fraction of sp³-hybridized carbons (Fsp3) is 0.368. The first-order chi connectivity index (χ1) is 11.4. The second-order valence-corrected chi connectivity index (χ2v) is 6.25. The van der Waals surface area contributed by atoms with Crippen LogP contribution in [0.1, 0.15) is 32.4 Å². The van der Waals surface area contributed by atoms with Crippen LogP contribution >= 0.6 is 0 Å². The maximum atomic E-state index is 12.3. The number of carbonyl (C=O) groups is 2. The highest BCUT2D eigenvalue weighted by atomic mass is 16.4. The molecule has 0 fully saturated rings. The van der Waals surface area contributed by atoms with Crippen LogP contribution in [-0.4, -0.2) is 41.0 Å². The maximum absolute atomic E-state index is 12.3. The number of benzene rings is 2. The number of carbonyl (C=O) groups excluding carboxylic acids is 1. The summed E-state index contributed by atoms with van der Waals surface area (Å²) < 4.78 is 0. The Morgan fingerprint density at radius 3 is 2.38 bits per heavy atom. The first-order valence-electron chi connectivity index (χ1n) is 8.11. The van der Waals surface area contributed by atoms with Gasteiger partial charge in [0.2, 0.25) is 5.91 Å². The Labute approximate surface area is 142 Å². The lowest BCUT2D eigenvalue weighted by Gasteiger charge is -2.25. The van der Waals surface area contributed by atoms with E-state index in [4.69, 9.17) is 5.11 Å². The van der Waals surface area contributed by atoms with Gasteiger partial charge in [0.25, 0.3) is 0 Å². The van der Waals surface area contributed by atoms with E-state index < -0.39 is 5.97 Å². The molecule has 1 amide bonds. The number of fused-ring (bicyclic) bond motifs is 1. The van der Waals surface area contributed by atoms with Crippen LogP contribution in [0.25, 0.3) is 10.8 Å². The van der Waals surface area contributed by atoms with Gasteiger partial charge in [0.15, 0.2) is 0 Å². The smallest absolute Gasteiger partial charge is 0.317 e. The second-order valence-electron chi connectivity index (χ2n) is 6.25. The molecule has 0 radical (unpaired) electrons. The van der Waals surface area contributed by atoms with E-state index in [0.29, 0.717) is 0 Å². The fourth-order valence-corrected chi connectivity index (χ4v) is 2.77. The average Bonchev–Trinajstić information content (AvgIpc) is 2.53. The lowest BCUT2D eigenvalue weighted by Crippen LogP contribution is -2.43. The molecule has 5 nitrogen and oxygen atoms in total. The van der Waals surface area contributed by atoms with Crippen molar-refractivity contribution in [2.45, 2.75) is 32.9 Å². The summed E-state index contributed by atoms with van der Waals surface area (Å²) in [5, 5.41) is 14.2. The van der Waals surface area contributed by atoms with Gasteiger partial charge in [-0.05, 0) is 37.1 Å². The minimum atomic E-state index is -0.932. The van der Waals surface area contributed by atoms with Crippen LogP contribution < -0.4 is 5.32 Å². The molecule has 0 aromatic heterocycles. The van der Waals surface area contributed by atoms with Crippen LogP contribution in [0.2, 0.25) is 0 Å². The van der Waals surface area contributed by atoms with Crippen LogP contribution in [0.4, 0.5) is 0 Å². The van der Waals surface area contributed by atoms with Crippen molar-refractivity contribution in [1.29, 1.82) is 0 Å². The van der Waals surface area contributed by atoms with E-state index in [2.05, 4.69) is 5.32 Å². The van der Waals surface area contributed by atoms with Crippen LogP contribution in [0.3, 0.4) is 0 Å². The van der Waals surface area contributed by atoms with Crippen molar-refractivity contribution in [2.24, 2.45) is 0 Å². The third kappa shape index (κ3) is 4.55. The Hall–Kier alpha value is -2.40. The number of rotatable bonds is 7. The van der Waals surface area contributed by atoms with Crippen molar-refractivity contribution in [3.8, 4) is 0 Å². The summed E-state index contributed by atoms with van der Waals surface area (Å²) >= 11 is 0. The summed E-state index contributed by atoms with van der Waals surface area (Å²) in [5.41, 5.74) is 1.05. The standard InChI is InChI=1S/C19H24N2O3/c1-13(2)21(12-19(23)24)11-18(22)20-14(3)16-10-6-8-15-7-4-5-9-17(15)16/h4-10,13-14H,11-12H2,1-3H3,(H,20,22)(H,23,24). The zero-order valence-electron chi connectivity index (χ0n) is 14.3. The zero-order valence-corrected chi connectivity index (χ0v) is 14.3. The molecule has 5 heteroatoms. The van der Waals surface area contributed by atoms with Gasteiger partial charge in [-0.25, -0.2) is 0 Å². The van der Waals surface area contributed by atoms with Gasteiger partial charge in [-0.1, -0.05) is 42.5 Å². The van der Waals surface area contributed by atoms with Gasteiger partial charge in [-0.3, -0.25) is 14.5 Å². The van der Waals surface area contributed by atoms with E-state index in [1.807, 2.05) is 63.2 Å². The first kappa shape index (κ1) is 17.9. The molecule has 0 spiro atoms. The zero-order chi connectivity index (χ0) is 17.7. The third-order valence-corrected chi connectivity index (χ3v) is 4.08. The first-order valence-corrected chi connectivity index (χ1v) is 8.11. The van der Waals surface area contributed by atoms with Gasteiger partial charge in [0, 0.05) is 6.04 Å². The van der Waals surface area contributed by atoms with Crippen molar-refractivity contribution in [1.82, 2.24) is 10.2 Å². The number of amides is 1. The highest BCUT2D eigenvalue weighted by molar-refractivity contribution is 5.87. The summed E-state index contributed by atoms with van der Waals surface area (Å²) in [4.78, 5) is 24.9. The topological polar surface area (TPSA) is 69.6 Å². The molecule has 128 valence electrons. The summed E-state index contributed by atoms with van der Waals surface area (Å²) in [5.74, 6) is -1.11. The number of nitrogens with zero attached hydrogens (tertiary/aromatic N) is 1. The summed E-state index contributed by atoms with van der Waals surface area (Å²) in [7, 11) is 0. The summed E-state index contributed by atoms with van der Waals surface area (Å²) in [6.45, 7) is 5.62. The molecule has 24 heavy (non-hydrogen) atoms. The summed E-state index contributed by atoms with van der Waals surface area (Å²) in [6, 6.07) is 13.9.